The lowest BCUT2D eigenvalue weighted by atomic mass is 9.96. The Morgan fingerprint density at radius 1 is 1.32 bits per heavy atom. The van der Waals surface area contributed by atoms with Gasteiger partial charge in [-0.15, -0.1) is 0 Å². The van der Waals surface area contributed by atoms with E-state index < -0.39 is 0 Å². The Labute approximate surface area is 116 Å². The molecule has 0 radical (unpaired) electrons. The summed E-state index contributed by atoms with van der Waals surface area (Å²) in [6.07, 6.45) is 0.827. The van der Waals surface area contributed by atoms with E-state index in [9.17, 15) is 9.90 Å². The first-order valence-corrected chi connectivity index (χ1v) is 6.90. The lowest BCUT2D eigenvalue weighted by Crippen LogP contribution is -2.36. The second-order valence-corrected chi connectivity index (χ2v) is 5.50. The summed E-state index contributed by atoms with van der Waals surface area (Å²) < 4.78 is 0. The number of carbonyl (C=O) groups excluding carboxylic acids is 1. The zero-order valence-corrected chi connectivity index (χ0v) is 12.4. The smallest absolute Gasteiger partial charge is 0.225 e. The Kier molecular flexibility index (Phi) is 6.03. The topological polar surface area (TPSA) is 49.3 Å². The van der Waals surface area contributed by atoms with E-state index in [1.165, 1.54) is 16.7 Å². The molecule has 0 bridgehead atoms. The van der Waals surface area contributed by atoms with E-state index >= 15 is 0 Å². The van der Waals surface area contributed by atoms with Gasteiger partial charge in [0.05, 0.1) is 12.5 Å². The fraction of sp³-hybridized carbons (Fsp3) is 0.562. The normalized spacial score (nSPS) is 12.5. The monoisotopic (exact) mass is 263 g/mol. The third kappa shape index (κ3) is 4.67. The molecule has 1 atom stereocenters. The van der Waals surface area contributed by atoms with Crippen LogP contribution in [0.5, 0.6) is 0 Å². The maximum Gasteiger partial charge on any atom is 0.225 e. The fourth-order valence-corrected chi connectivity index (χ4v) is 2.17. The quantitative estimate of drug-likeness (QED) is 0.827. The van der Waals surface area contributed by atoms with Gasteiger partial charge < -0.3 is 10.4 Å². The molecule has 0 heterocycles. The lowest BCUT2D eigenvalue weighted by molar-refractivity contribution is -0.127. The van der Waals surface area contributed by atoms with Crippen LogP contribution in [0.4, 0.5) is 0 Å². The Bertz CT molecular complexity index is 427. The van der Waals surface area contributed by atoms with E-state index in [2.05, 4.69) is 37.4 Å². The molecule has 1 aromatic carbocycles. The molecule has 0 aliphatic carbocycles. The summed E-state index contributed by atoms with van der Waals surface area (Å²) in [5.41, 5.74) is 3.78. The van der Waals surface area contributed by atoms with Crippen LogP contribution in [0.15, 0.2) is 18.2 Å². The van der Waals surface area contributed by atoms with E-state index in [0.29, 0.717) is 6.54 Å². The number of rotatable bonds is 6. The first-order valence-electron chi connectivity index (χ1n) is 6.90. The number of nitrogens with one attached hydrogen (secondary N) is 1. The maximum absolute atomic E-state index is 11.9. The van der Waals surface area contributed by atoms with Crippen molar-refractivity contribution in [1.29, 1.82) is 0 Å². The molecule has 1 aromatic rings. The minimum Gasteiger partial charge on any atom is -0.396 e. The highest BCUT2D eigenvalue weighted by Crippen LogP contribution is 2.12. The van der Waals surface area contributed by atoms with Crippen molar-refractivity contribution in [2.24, 2.45) is 11.8 Å². The van der Waals surface area contributed by atoms with Gasteiger partial charge in [-0.25, -0.2) is 0 Å². The number of aliphatic hydroxyl groups excluding tert-OH is 1. The van der Waals surface area contributed by atoms with Crippen molar-refractivity contribution in [2.45, 2.75) is 34.1 Å². The van der Waals surface area contributed by atoms with Gasteiger partial charge in [-0.3, -0.25) is 4.79 Å². The summed E-state index contributed by atoms with van der Waals surface area (Å²) in [4.78, 5) is 11.9. The number of hydrogen-bond acceptors (Lipinski definition) is 2. The SMILES string of the molecule is Cc1ccc(CCNC(=O)C(CO)C(C)C)c(C)c1. The zero-order valence-electron chi connectivity index (χ0n) is 12.4. The summed E-state index contributed by atoms with van der Waals surface area (Å²) >= 11 is 0. The molecule has 0 aromatic heterocycles. The van der Waals surface area contributed by atoms with Gasteiger partial charge in [-0.2, -0.15) is 0 Å². The second-order valence-electron chi connectivity index (χ2n) is 5.50. The molecular formula is C16H25NO2. The summed E-state index contributed by atoms with van der Waals surface area (Å²) in [6.45, 7) is 8.59. The summed E-state index contributed by atoms with van der Waals surface area (Å²) in [7, 11) is 0. The van der Waals surface area contributed by atoms with Crippen LogP contribution >= 0.6 is 0 Å². The van der Waals surface area contributed by atoms with E-state index in [0.717, 1.165) is 6.42 Å². The van der Waals surface area contributed by atoms with Gasteiger partial charge in [0.2, 0.25) is 5.91 Å². The molecule has 0 saturated heterocycles. The summed E-state index contributed by atoms with van der Waals surface area (Å²) in [6, 6.07) is 6.36. The number of aryl methyl sites for hydroxylation is 2. The molecular weight excluding hydrogens is 238 g/mol. The second kappa shape index (κ2) is 7.29. The van der Waals surface area contributed by atoms with Gasteiger partial charge in [0.1, 0.15) is 0 Å². The molecule has 1 unspecified atom stereocenters. The van der Waals surface area contributed by atoms with E-state index in [1.54, 1.807) is 0 Å². The van der Waals surface area contributed by atoms with Gasteiger partial charge >= 0.3 is 0 Å². The molecule has 3 nitrogen and oxygen atoms in total. The number of carbonyl (C=O) groups is 1. The molecule has 1 amide bonds. The maximum atomic E-state index is 11.9. The van der Waals surface area contributed by atoms with Crippen molar-refractivity contribution in [2.75, 3.05) is 13.2 Å². The van der Waals surface area contributed by atoms with Gasteiger partial charge in [0.15, 0.2) is 0 Å². The Balaban J connectivity index is 2.48. The van der Waals surface area contributed by atoms with Crippen LogP contribution in [-0.2, 0) is 11.2 Å². The lowest BCUT2D eigenvalue weighted by Gasteiger charge is -2.17. The average molecular weight is 263 g/mol. The number of benzene rings is 1. The average Bonchev–Trinajstić information content (AvgIpc) is 2.32. The van der Waals surface area contributed by atoms with Crippen molar-refractivity contribution in [3.8, 4) is 0 Å². The predicted molar refractivity (Wildman–Crippen MR) is 78.0 cm³/mol. The van der Waals surface area contributed by atoms with E-state index in [-0.39, 0.29) is 24.3 Å². The van der Waals surface area contributed by atoms with E-state index in [1.807, 2.05) is 13.8 Å². The van der Waals surface area contributed by atoms with Gasteiger partial charge in [-0.1, -0.05) is 37.6 Å². The van der Waals surface area contributed by atoms with Gasteiger partial charge in [0.25, 0.3) is 0 Å². The predicted octanol–water partition coefficient (Wildman–Crippen LogP) is 2.23. The first kappa shape index (κ1) is 15.7. The molecule has 1 rings (SSSR count). The molecule has 106 valence electrons. The molecule has 2 N–H and O–H groups in total. The largest absolute Gasteiger partial charge is 0.396 e. The molecule has 19 heavy (non-hydrogen) atoms. The van der Waals surface area contributed by atoms with Crippen molar-refractivity contribution in [3.05, 3.63) is 34.9 Å². The minimum atomic E-state index is -0.306. The molecule has 0 aliphatic rings. The van der Waals surface area contributed by atoms with E-state index in [4.69, 9.17) is 0 Å². The summed E-state index contributed by atoms with van der Waals surface area (Å²) in [5, 5.41) is 12.1. The third-order valence-electron chi connectivity index (χ3n) is 3.53. The molecule has 0 saturated carbocycles. The molecule has 3 heteroatoms. The minimum absolute atomic E-state index is 0.0535. The standard InChI is InChI=1S/C16H25NO2/c1-11(2)15(10-18)16(19)17-8-7-14-6-5-12(3)9-13(14)4/h5-6,9,11,15,18H,7-8,10H2,1-4H3,(H,17,19). The third-order valence-corrected chi connectivity index (χ3v) is 3.53. The van der Waals surface area contributed by atoms with Crippen molar-refractivity contribution in [3.63, 3.8) is 0 Å². The summed E-state index contributed by atoms with van der Waals surface area (Å²) in [5.74, 6) is -0.201. The molecule has 0 aliphatic heterocycles. The van der Waals surface area contributed by atoms with Crippen LogP contribution in [0, 0.1) is 25.7 Å². The van der Waals surface area contributed by atoms with Crippen molar-refractivity contribution in [1.82, 2.24) is 5.32 Å². The Morgan fingerprint density at radius 3 is 2.53 bits per heavy atom. The Hall–Kier alpha value is -1.35. The van der Waals surface area contributed by atoms with Crippen LogP contribution in [0.2, 0.25) is 0 Å². The highest BCUT2D eigenvalue weighted by molar-refractivity contribution is 5.78. The Morgan fingerprint density at radius 2 is 2.00 bits per heavy atom. The van der Waals surface area contributed by atoms with Crippen LogP contribution < -0.4 is 5.32 Å². The van der Waals surface area contributed by atoms with Crippen LogP contribution in [0.1, 0.15) is 30.5 Å². The van der Waals surface area contributed by atoms with Crippen LogP contribution in [-0.4, -0.2) is 24.2 Å². The highest BCUT2D eigenvalue weighted by Gasteiger charge is 2.20. The number of aliphatic hydroxyl groups is 1. The number of hydrogen-bond donors (Lipinski definition) is 2. The van der Waals surface area contributed by atoms with Gasteiger partial charge in [0, 0.05) is 6.54 Å². The fourth-order valence-electron chi connectivity index (χ4n) is 2.17. The van der Waals surface area contributed by atoms with Gasteiger partial charge in [-0.05, 0) is 37.3 Å². The van der Waals surface area contributed by atoms with Crippen molar-refractivity contribution < 1.29 is 9.90 Å². The van der Waals surface area contributed by atoms with Crippen LogP contribution in [0.25, 0.3) is 0 Å². The van der Waals surface area contributed by atoms with Crippen LogP contribution in [0.3, 0.4) is 0 Å². The number of amides is 1. The zero-order chi connectivity index (χ0) is 14.4. The molecule has 0 fully saturated rings. The highest BCUT2D eigenvalue weighted by atomic mass is 16.3. The van der Waals surface area contributed by atoms with Crippen molar-refractivity contribution >= 4 is 5.91 Å². The molecule has 0 spiro atoms. The first-order chi connectivity index (χ1) is 8.95.